The predicted octanol–water partition coefficient (Wildman–Crippen LogP) is 2.21. The van der Waals surface area contributed by atoms with Crippen molar-refractivity contribution in [1.29, 1.82) is 0 Å². The highest BCUT2D eigenvalue weighted by molar-refractivity contribution is 7.40. The fourth-order valence-electron chi connectivity index (χ4n) is 0.703. The molecule has 0 heterocycles. The highest BCUT2D eigenvalue weighted by Crippen LogP contribution is 2.32. The molecule has 0 amide bonds. The van der Waals surface area contributed by atoms with Crippen molar-refractivity contribution >= 4 is 8.60 Å². The van der Waals surface area contributed by atoms with Crippen LogP contribution in [0.15, 0.2) is 5.18 Å². The van der Waals surface area contributed by atoms with Crippen LogP contribution in [0.25, 0.3) is 0 Å². The van der Waals surface area contributed by atoms with Crippen molar-refractivity contribution in [3.05, 3.63) is 4.91 Å². The van der Waals surface area contributed by atoms with Gasteiger partial charge >= 0.3 is 8.60 Å². The summed E-state index contributed by atoms with van der Waals surface area (Å²) in [4.78, 5) is 19.3. The number of nitroso groups, excluding NO2 is 1. The zero-order valence-electron chi connectivity index (χ0n) is 10.2. The van der Waals surface area contributed by atoms with Gasteiger partial charge < -0.3 is 18.7 Å². The van der Waals surface area contributed by atoms with Crippen LogP contribution < -0.4 is 0 Å². The molecule has 0 aliphatic carbocycles. The number of hydrogen-bond donors (Lipinski definition) is 1. The molecule has 96 valence electrons. The minimum Gasteiger partial charge on any atom is -0.373 e. The van der Waals surface area contributed by atoms with E-state index in [0.29, 0.717) is 6.61 Å². The molecule has 6 nitrogen and oxygen atoms in total. The SMILES string of the molecule is CC(COP(O)OCCOC(C)(C)C)N=O. The Bertz CT molecular complexity index is 197. The Labute approximate surface area is 97.2 Å². The van der Waals surface area contributed by atoms with Gasteiger partial charge in [-0.1, -0.05) is 5.18 Å². The van der Waals surface area contributed by atoms with Gasteiger partial charge in [-0.25, -0.2) is 0 Å². The van der Waals surface area contributed by atoms with Gasteiger partial charge in [0.2, 0.25) is 0 Å². The van der Waals surface area contributed by atoms with Crippen molar-refractivity contribution in [2.75, 3.05) is 19.8 Å². The Morgan fingerprint density at radius 1 is 1.31 bits per heavy atom. The van der Waals surface area contributed by atoms with Crippen LogP contribution in [0.5, 0.6) is 0 Å². The second-order valence-electron chi connectivity index (χ2n) is 4.28. The van der Waals surface area contributed by atoms with E-state index in [4.69, 9.17) is 13.8 Å². The van der Waals surface area contributed by atoms with E-state index < -0.39 is 14.6 Å². The molecule has 0 aromatic carbocycles. The summed E-state index contributed by atoms with van der Waals surface area (Å²) in [6.07, 6.45) is 0. The van der Waals surface area contributed by atoms with E-state index in [1.807, 2.05) is 20.8 Å². The zero-order valence-corrected chi connectivity index (χ0v) is 11.1. The molecule has 1 N–H and O–H groups in total. The maximum atomic E-state index is 10.0. The number of rotatable bonds is 8. The van der Waals surface area contributed by atoms with Crippen LogP contribution in [-0.2, 0) is 13.8 Å². The minimum atomic E-state index is -1.95. The Hall–Kier alpha value is -0.130. The standard InChI is InChI=1S/C9H20NO5P/c1-8(10-11)7-15-16(12)14-6-5-13-9(2,3)4/h8,12H,5-7H2,1-4H3. The molecular formula is C9H20NO5P. The van der Waals surface area contributed by atoms with Gasteiger partial charge in [-0.3, -0.25) is 0 Å². The average Bonchev–Trinajstić information content (AvgIpc) is 2.19. The molecular weight excluding hydrogens is 233 g/mol. The smallest absolute Gasteiger partial charge is 0.329 e. The lowest BCUT2D eigenvalue weighted by Crippen LogP contribution is -2.21. The molecule has 16 heavy (non-hydrogen) atoms. The molecule has 0 saturated heterocycles. The maximum absolute atomic E-state index is 10.0. The molecule has 0 aromatic heterocycles. The molecule has 0 fully saturated rings. The Morgan fingerprint density at radius 2 is 1.94 bits per heavy atom. The summed E-state index contributed by atoms with van der Waals surface area (Å²) < 4.78 is 15.2. The molecule has 0 spiro atoms. The quantitative estimate of drug-likeness (QED) is 0.407. The molecule has 0 rings (SSSR count). The first-order valence-corrected chi connectivity index (χ1v) is 6.19. The molecule has 0 bridgehead atoms. The summed E-state index contributed by atoms with van der Waals surface area (Å²) >= 11 is 0. The van der Waals surface area contributed by atoms with Gasteiger partial charge in [0.05, 0.1) is 25.4 Å². The van der Waals surface area contributed by atoms with Crippen molar-refractivity contribution in [1.82, 2.24) is 0 Å². The summed E-state index contributed by atoms with van der Waals surface area (Å²) in [6.45, 7) is 8.09. The first kappa shape index (κ1) is 15.9. The summed E-state index contributed by atoms with van der Waals surface area (Å²) in [5.74, 6) is 0. The third kappa shape index (κ3) is 10.4. The van der Waals surface area contributed by atoms with Crippen LogP contribution in [-0.4, -0.2) is 36.4 Å². The van der Waals surface area contributed by atoms with Crippen LogP contribution in [0.1, 0.15) is 27.7 Å². The van der Waals surface area contributed by atoms with Crippen molar-refractivity contribution in [2.45, 2.75) is 39.3 Å². The van der Waals surface area contributed by atoms with Crippen LogP contribution in [0.2, 0.25) is 0 Å². The molecule has 0 aromatic rings. The second kappa shape index (κ2) is 8.03. The van der Waals surface area contributed by atoms with Gasteiger partial charge in [-0.2, -0.15) is 4.91 Å². The molecule has 0 aliphatic rings. The average molecular weight is 253 g/mol. The molecule has 0 saturated carbocycles. The van der Waals surface area contributed by atoms with Crippen molar-refractivity contribution < 1.29 is 18.7 Å². The van der Waals surface area contributed by atoms with Crippen molar-refractivity contribution in [3.63, 3.8) is 0 Å². The van der Waals surface area contributed by atoms with Crippen LogP contribution >= 0.6 is 8.60 Å². The Morgan fingerprint density at radius 3 is 2.44 bits per heavy atom. The third-order valence-corrected chi connectivity index (χ3v) is 2.20. The van der Waals surface area contributed by atoms with E-state index in [0.717, 1.165) is 0 Å². The number of hydrogen-bond acceptors (Lipinski definition) is 6. The predicted molar refractivity (Wildman–Crippen MR) is 62.0 cm³/mol. The van der Waals surface area contributed by atoms with E-state index in [-0.39, 0.29) is 18.8 Å². The molecule has 2 unspecified atom stereocenters. The largest absolute Gasteiger partial charge is 0.373 e. The monoisotopic (exact) mass is 253 g/mol. The first-order valence-electron chi connectivity index (χ1n) is 5.06. The van der Waals surface area contributed by atoms with Gasteiger partial charge in [-0.05, 0) is 27.7 Å². The molecule has 0 aliphatic heterocycles. The van der Waals surface area contributed by atoms with Gasteiger partial charge in [0, 0.05) is 0 Å². The Balaban J connectivity index is 3.44. The number of nitrogens with zero attached hydrogens (tertiary/aromatic N) is 1. The fraction of sp³-hybridized carbons (Fsp3) is 1.00. The van der Waals surface area contributed by atoms with Gasteiger partial charge in [0.15, 0.2) is 0 Å². The lowest BCUT2D eigenvalue weighted by atomic mass is 10.2. The van der Waals surface area contributed by atoms with Gasteiger partial charge in [0.25, 0.3) is 0 Å². The van der Waals surface area contributed by atoms with Gasteiger partial charge in [0.1, 0.15) is 6.04 Å². The maximum Gasteiger partial charge on any atom is 0.329 e. The van der Waals surface area contributed by atoms with Crippen LogP contribution in [0, 0.1) is 4.91 Å². The number of ether oxygens (including phenoxy) is 1. The normalized spacial score (nSPS) is 15.8. The van der Waals surface area contributed by atoms with Gasteiger partial charge in [-0.15, -0.1) is 0 Å². The summed E-state index contributed by atoms with van der Waals surface area (Å²) in [5, 5.41) is 2.73. The Kier molecular flexibility index (Phi) is 7.97. The van der Waals surface area contributed by atoms with Crippen molar-refractivity contribution in [3.8, 4) is 0 Å². The topological polar surface area (TPSA) is 77.3 Å². The lowest BCUT2D eigenvalue weighted by molar-refractivity contribution is -0.0185. The zero-order chi connectivity index (χ0) is 12.6. The molecule has 7 heteroatoms. The van der Waals surface area contributed by atoms with E-state index in [1.165, 1.54) is 0 Å². The van der Waals surface area contributed by atoms with E-state index >= 15 is 0 Å². The highest BCUT2D eigenvalue weighted by atomic mass is 31.2. The van der Waals surface area contributed by atoms with E-state index in [2.05, 4.69) is 5.18 Å². The molecule has 0 radical (unpaired) electrons. The second-order valence-corrected chi connectivity index (χ2v) is 5.27. The summed E-state index contributed by atoms with van der Waals surface area (Å²) in [5.41, 5.74) is -0.224. The van der Waals surface area contributed by atoms with E-state index in [9.17, 15) is 9.80 Å². The summed E-state index contributed by atoms with van der Waals surface area (Å²) in [6, 6.07) is -0.480. The van der Waals surface area contributed by atoms with Crippen LogP contribution in [0.3, 0.4) is 0 Å². The molecule has 2 atom stereocenters. The van der Waals surface area contributed by atoms with Crippen molar-refractivity contribution in [2.24, 2.45) is 5.18 Å². The highest BCUT2D eigenvalue weighted by Gasteiger charge is 2.12. The fourth-order valence-corrected chi connectivity index (χ4v) is 1.35. The minimum absolute atomic E-state index is 0.0613. The summed E-state index contributed by atoms with van der Waals surface area (Å²) in [7, 11) is -1.95. The first-order chi connectivity index (χ1) is 7.35. The lowest BCUT2D eigenvalue weighted by Gasteiger charge is -2.19. The van der Waals surface area contributed by atoms with E-state index in [1.54, 1.807) is 6.92 Å². The third-order valence-electron chi connectivity index (χ3n) is 1.43. The van der Waals surface area contributed by atoms with Crippen LogP contribution in [0.4, 0.5) is 0 Å².